The highest BCUT2D eigenvalue weighted by atomic mass is 19.1. The number of nitrogens with one attached hydrogen (secondary N) is 2. The molecule has 0 saturated heterocycles. The molecule has 3 N–H and O–H groups in total. The van der Waals surface area contributed by atoms with Crippen LogP contribution in [0.2, 0.25) is 0 Å². The van der Waals surface area contributed by atoms with E-state index in [1.165, 1.54) is 6.07 Å². The molecule has 37 heavy (non-hydrogen) atoms. The number of pyridine rings is 1. The molecule has 2 aliphatic carbocycles. The molecule has 5 rings (SSSR count). The highest BCUT2D eigenvalue weighted by Gasteiger charge is 2.35. The summed E-state index contributed by atoms with van der Waals surface area (Å²) in [6.07, 6.45) is 7.02. The van der Waals surface area contributed by atoms with E-state index in [-0.39, 0.29) is 47.7 Å². The molecule has 2 atom stereocenters. The summed E-state index contributed by atoms with van der Waals surface area (Å²) in [4.78, 5) is 34.1. The van der Waals surface area contributed by atoms with E-state index >= 15 is 0 Å². The number of halogens is 1. The second kappa shape index (κ2) is 10.2. The Balaban J connectivity index is 1.30. The van der Waals surface area contributed by atoms with E-state index in [1.807, 2.05) is 31.4 Å². The molecule has 0 spiro atoms. The van der Waals surface area contributed by atoms with Gasteiger partial charge < -0.3 is 20.3 Å². The van der Waals surface area contributed by atoms with E-state index in [4.69, 9.17) is 0 Å². The lowest BCUT2D eigenvalue weighted by atomic mass is 9.80. The fourth-order valence-corrected chi connectivity index (χ4v) is 5.47. The summed E-state index contributed by atoms with van der Waals surface area (Å²) in [5, 5.41) is 15.5. The van der Waals surface area contributed by atoms with Gasteiger partial charge in [0.1, 0.15) is 11.3 Å². The molecule has 9 heteroatoms. The lowest BCUT2D eigenvalue weighted by molar-refractivity contribution is -0.133. The van der Waals surface area contributed by atoms with Gasteiger partial charge in [0.05, 0.1) is 17.9 Å². The van der Waals surface area contributed by atoms with Crippen LogP contribution in [-0.4, -0.2) is 43.6 Å². The molecule has 2 aliphatic rings. The SMILES string of the molecule is Cc1cnc(NC(=O)[C@H]2CCC[C@@H](NC(=O)[C@H]3C[C@H](O)C3)C2)cc1-c1cc(F)c2ncn(C(C)C)c2c1. The maximum atomic E-state index is 14.9. The number of anilines is 1. The van der Waals surface area contributed by atoms with Crippen LogP contribution >= 0.6 is 0 Å². The van der Waals surface area contributed by atoms with E-state index in [2.05, 4.69) is 20.6 Å². The van der Waals surface area contributed by atoms with Gasteiger partial charge in [-0.25, -0.2) is 14.4 Å². The van der Waals surface area contributed by atoms with Crippen LogP contribution in [0.4, 0.5) is 10.2 Å². The first kappa shape index (κ1) is 25.3. The third-order valence-corrected chi connectivity index (χ3v) is 7.73. The van der Waals surface area contributed by atoms with Crippen molar-refractivity contribution in [1.82, 2.24) is 19.9 Å². The molecular formula is C28H34FN5O3. The fourth-order valence-electron chi connectivity index (χ4n) is 5.47. The van der Waals surface area contributed by atoms with Crippen LogP contribution in [0, 0.1) is 24.6 Å². The lowest BCUT2D eigenvalue weighted by Gasteiger charge is -2.34. The summed E-state index contributed by atoms with van der Waals surface area (Å²) in [6.45, 7) is 5.96. The number of hydrogen-bond donors (Lipinski definition) is 3. The van der Waals surface area contributed by atoms with Crippen LogP contribution in [0.3, 0.4) is 0 Å². The molecule has 0 aliphatic heterocycles. The molecule has 0 unspecified atom stereocenters. The minimum Gasteiger partial charge on any atom is -0.393 e. The minimum absolute atomic E-state index is 0.0239. The Hall–Kier alpha value is -3.33. The Kier molecular flexibility index (Phi) is 6.98. The summed E-state index contributed by atoms with van der Waals surface area (Å²) in [5.41, 5.74) is 3.42. The number of carbonyl (C=O) groups excluding carboxylic acids is 2. The van der Waals surface area contributed by atoms with Crippen LogP contribution in [-0.2, 0) is 9.59 Å². The standard InChI is InChI=1S/C28H34FN5O3/c1-15(2)34-14-31-26-23(29)10-18(11-24(26)34)22-12-25(30-13-16(22)3)33-27(36)17-5-4-6-20(7-17)32-28(37)19-8-21(35)9-19/h10-15,17,19-21,35H,4-9H2,1-3H3,(H,32,37)(H,30,33,36)/t17-,19-,20+,21-/m0/s1. The average Bonchev–Trinajstić information content (AvgIpc) is 3.28. The van der Waals surface area contributed by atoms with Gasteiger partial charge >= 0.3 is 0 Å². The van der Waals surface area contributed by atoms with Crippen molar-refractivity contribution in [1.29, 1.82) is 0 Å². The number of hydrogen-bond acceptors (Lipinski definition) is 5. The Labute approximate surface area is 215 Å². The molecular weight excluding hydrogens is 473 g/mol. The highest BCUT2D eigenvalue weighted by molar-refractivity contribution is 5.93. The summed E-state index contributed by atoms with van der Waals surface area (Å²) >= 11 is 0. The molecule has 2 heterocycles. The number of amides is 2. The van der Waals surface area contributed by atoms with Crippen LogP contribution in [0.1, 0.15) is 64.0 Å². The zero-order valence-corrected chi connectivity index (χ0v) is 21.5. The molecule has 2 fully saturated rings. The van der Waals surface area contributed by atoms with E-state index in [9.17, 15) is 19.1 Å². The fraction of sp³-hybridized carbons (Fsp3) is 0.500. The zero-order valence-electron chi connectivity index (χ0n) is 21.5. The molecule has 2 amide bonds. The number of aryl methyl sites for hydroxylation is 1. The number of imidazole rings is 1. The Morgan fingerprint density at radius 3 is 2.59 bits per heavy atom. The summed E-state index contributed by atoms with van der Waals surface area (Å²) in [7, 11) is 0. The Bertz CT molecular complexity index is 1330. The van der Waals surface area contributed by atoms with Crippen LogP contribution in [0.25, 0.3) is 22.2 Å². The normalized spacial score (nSPS) is 23.6. The van der Waals surface area contributed by atoms with Gasteiger partial charge in [0.15, 0.2) is 5.82 Å². The number of rotatable bonds is 6. The van der Waals surface area contributed by atoms with Crippen molar-refractivity contribution in [3.63, 3.8) is 0 Å². The molecule has 2 aromatic heterocycles. The van der Waals surface area contributed by atoms with Crippen molar-refractivity contribution in [3.8, 4) is 11.1 Å². The maximum absolute atomic E-state index is 14.9. The van der Waals surface area contributed by atoms with Crippen molar-refractivity contribution in [2.24, 2.45) is 11.8 Å². The number of carbonyl (C=O) groups is 2. The van der Waals surface area contributed by atoms with Crippen LogP contribution < -0.4 is 10.6 Å². The summed E-state index contributed by atoms with van der Waals surface area (Å²) in [6, 6.07) is 5.28. The zero-order chi connectivity index (χ0) is 26.3. The maximum Gasteiger partial charge on any atom is 0.228 e. The number of fused-ring (bicyclic) bond motifs is 1. The van der Waals surface area contributed by atoms with Crippen molar-refractivity contribution in [2.75, 3.05) is 5.32 Å². The van der Waals surface area contributed by atoms with Crippen molar-refractivity contribution in [3.05, 3.63) is 42.1 Å². The summed E-state index contributed by atoms with van der Waals surface area (Å²) < 4.78 is 16.9. The van der Waals surface area contributed by atoms with Crippen molar-refractivity contribution < 1.29 is 19.1 Å². The number of aliphatic hydroxyl groups excluding tert-OH is 1. The molecule has 0 radical (unpaired) electrons. The smallest absolute Gasteiger partial charge is 0.228 e. The molecule has 1 aromatic carbocycles. The number of aromatic nitrogens is 3. The second-order valence-corrected chi connectivity index (χ2v) is 10.8. The van der Waals surface area contributed by atoms with E-state index < -0.39 is 0 Å². The molecule has 8 nitrogen and oxygen atoms in total. The quantitative estimate of drug-likeness (QED) is 0.455. The number of nitrogens with zero attached hydrogens (tertiary/aromatic N) is 3. The first-order chi connectivity index (χ1) is 17.7. The third kappa shape index (κ3) is 5.23. The summed E-state index contributed by atoms with van der Waals surface area (Å²) in [5.74, 6) is -0.475. The van der Waals surface area contributed by atoms with E-state index in [0.29, 0.717) is 36.2 Å². The Morgan fingerprint density at radius 1 is 1.08 bits per heavy atom. The molecule has 2 saturated carbocycles. The second-order valence-electron chi connectivity index (χ2n) is 10.8. The van der Waals surface area contributed by atoms with Crippen LogP contribution in [0.15, 0.2) is 30.7 Å². The molecule has 196 valence electrons. The average molecular weight is 508 g/mol. The predicted octanol–water partition coefficient (Wildman–Crippen LogP) is 4.51. The molecule has 0 bridgehead atoms. The van der Waals surface area contributed by atoms with Gasteiger partial charge in [-0.3, -0.25) is 9.59 Å². The van der Waals surface area contributed by atoms with Gasteiger partial charge in [-0.1, -0.05) is 6.42 Å². The topological polar surface area (TPSA) is 109 Å². The number of benzene rings is 1. The van der Waals surface area contributed by atoms with E-state index in [0.717, 1.165) is 35.9 Å². The van der Waals surface area contributed by atoms with Gasteiger partial charge in [0, 0.05) is 30.1 Å². The third-order valence-electron chi connectivity index (χ3n) is 7.73. The number of aliphatic hydroxyl groups is 1. The van der Waals surface area contributed by atoms with Crippen molar-refractivity contribution >= 4 is 28.7 Å². The first-order valence-corrected chi connectivity index (χ1v) is 13.1. The van der Waals surface area contributed by atoms with Gasteiger partial charge in [0.25, 0.3) is 0 Å². The van der Waals surface area contributed by atoms with Crippen molar-refractivity contribution in [2.45, 2.75) is 77.5 Å². The monoisotopic (exact) mass is 507 g/mol. The Morgan fingerprint density at radius 2 is 1.86 bits per heavy atom. The minimum atomic E-state index is -0.389. The predicted molar refractivity (Wildman–Crippen MR) is 139 cm³/mol. The van der Waals surface area contributed by atoms with Crippen LogP contribution in [0.5, 0.6) is 0 Å². The van der Waals surface area contributed by atoms with Gasteiger partial charge in [0.2, 0.25) is 11.8 Å². The highest BCUT2D eigenvalue weighted by Crippen LogP contribution is 2.32. The van der Waals surface area contributed by atoms with E-state index in [1.54, 1.807) is 18.6 Å². The molecule has 3 aromatic rings. The largest absolute Gasteiger partial charge is 0.393 e. The first-order valence-electron chi connectivity index (χ1n) is 13.1. The lowest BCUT2D eigenvalue weighted by Crippen LogP contribution is -2.47. The van der Waals surface area contributed by atoms with Gasteiger partial charge in [-0.15, -0.1) is 0 Å². The van der Waals surface area contributed by atoms with Gasteiger partial charge in [-0.2, -0.15) is 0 Å². The van der Waals surface area contributed by atoms with Gasteiger partial charge in [-0.05, 0) is 87.8 Å².